The van der Waals surface area contributed by atoms with Gasteiger partial charge >= 0.3 is 0 Å². The molecular weight excluding hydrogens is 284 g/mol. The third kappa shape index (κ3) is 2.35. The Balaban J connectivity index is 2.49. The maximum Gasteiger partial charge on any atom is 0.250 e. The van der Waals surface area contributed by atoms with Crippen LogP contribution in [-0.4, -0.2) is 11.5 Å². The van der Waals surface area contributed by atoms with Crippen LogP contribution in [0.1, 0.15) is 30.0 Å². The van der Waals surface area contributed by atoms with E-state index in [0.29, 0.717) is 5.56 Å². The van der Waals surface area contributed by atoms with Gasteiger partial charge in [0.15, 0.2) is 0 Å². The van der Waals surface area contributed by atoms with Gasteiger partial charge in [0.1, 0.15) is 22.7 Å². The van der Waals surface area contributed by atoms with Crippen molar-refractivity contribution in [2.45, 2.75) is 26.7 Å². The number of anilines is 1. The molecule has 0 aliphatic heterocycles. The van der Waals surface area contributed by atoms with E-state index in [9.17, 15) is 5.26 Å². The number of nitrogens with zero attached hydrogens (tertiary/aromatic N) is 2. The van der Waals surface area contributed by atoms with Crippen molar-refractivity contribution >= 4 is 22.5 Å². The second-order valence-corrected chi connectivity index (χ2v) is 5.68. The number of benzene rings is 1. The number of hydrogen-bond acceptors (Lipinski definition) is 2. The minimum atomic E-state index is 0.695. The summed E-state index contributed by atoms with van der Waals surface area (Å²) in [5, 5.41) is 13.2. The van der Waals surface area contributed by atoms with Crippen LogP contribution in [0, 0.1) is 18.3 Å². The number of aromatic nitrogens is 2. The Morgan fingerprint density at radius 3 is 2.87 bits per heavy atom. The van der Waals surface area contributed by atoms with Crippen LogP contribution in [0.25, 0.3) is 16.7 Å². The van der Waals surface area contributed by atoms with Gasteiger partial charge in [-0.3, -0.25) is 4.98 Å². The van der Waals surface area contributed by atoms with Crippen LogP contribution in [-0.2, 0) is 6.42 Å². The number of fused-ring (bicyclic) bond motifs is 3. The first-order valence-corrected chi connectivity index (χ1v) is 7.95. The predicted octanol–water partition coefficient (Wildman–Crippen LogP) is 3.64. The lowest BCUT2D eigenvalue weighted by molar-refractivity contribution is -0.465. The van der Waals surface area contributed by atoms with Crippen molar-refractivity contribution in [3.63, 3.8) is 0 Å². The molecule has 0 spiro atoms. The first-order valence-electron chi connectivity index (χ1n) is 7.95. The van der Waals surface area contributed by atoms with Gasteiger partial charge in [-0.1, -0.05) is 25.1 Å². The van der Waals surface area contributed by atoms with Crippen molar-refractivity contribution < 1.29 is 4.40 Å². The molecule has 2 N–H and O–H groups in total. The molecule has 0 fully saturated rings. The first-order chi connectivity index (χ1) is 11.2. The highest BCUT2D eigenvalue weighted by atomic mass is 15.1. The maximum absolute atomic E-state index is 9.67. The first kappa shape index (κ1) is 15.1. The quantitative estimate of drug-likeness (QED) is 0.558. The van der Waals surface area contributed by atoms with Gasteiger partial charge in [-0.05, 0) is 37.5 Å². The second kappa shape index (κ2) is 6.13. The normalized spacial score (nSPS) is 10.8. The molecule has 0 atom stereocenters. The SMILES string of the molecule is C=CCc1c(C)c(C#N)c2[nH]c3ccccc3[n+]2c1NCCC. The van der Waals surface area contributed by atoms with Gasteiger partial charge in [-0.2, -0.15) is 9.66 Å². The number of allylic oxidation sites excluding steroid dienone is 1. The number of pyridine rings is 1. The Morgan fingerprint density at radius 1 is 1.39 bits per heavy atom. The van der Waals surface area contributed by atoms with Crippen LogP contribution in [0.3, 0.4) is 0 Å². The van der Waals surface area contributed by atoms with Crippen LogP contribution in [0.15, 0.2) is 36.9 Å². The third-order valence-electron chi connectivity index (χ3n) is 4.20. The molecule has 3 rings (SSSR count). The van der Waals surface area contributed by atoms with E-state index >= 15 is 0 Å². The molecule has 0 radical (unpaired) electrons. The van der Waals surface area contributed by atoms with E-state index in [0.717, 1.165) is 53.0 Å². The van der Waals surface area contributed by atoms with Gasteiger partial charge in [-0.15, -0.1) is 6.58 Å². The highest BCUT2D eigenvalue weighted by molar-refractivity contribution is 5.78. The Hall–Kier alpha value is -2.80. The summed E-state index contributed by atoms with van der Waals surface area (Å²) in [4.78, 5) is 3.40. The van der Waals surface area contributed by atoms with Gasteiger partial charge in [0, 0.05) is 5.56 Å². The summed E-state index contributed by atoms with van der Waals surface area (Å²) >= 11 is 0. The molecule has 0 unspecified atom stereocenters. The second-order valence-electron chi connectivity index (χ2n) is 5.68. The van der Waals surface area contributed by atoms with Crippen LogP contribution in [0.5, 0.6) is 0 Å². The number of hydrogen-bond donors (Lipinski definition) is 2. The fourth-order valence-corrected chi connectivity index (χ4v) is 3.09. The maximum atomic E-state index is 9.67. The van der Waals surface area contributed by atoms with E-state index in [-0.39, 0.29) is 0 Å². The molecule has 2 aromatic heterocycles. The van der Waals surface area contributed by atoms with Crippen molar-refractivity contribution in [2.75, 3.05) is 11.9 Å². The molecule has 1 aromatic carbocycles. The Bertz CT molecular complexity index is 928. The standard InChI is InChI=1S/C19H20N4/c1-4-8-14-13(3)15(12-20)19-22-16-9-6-7-10-17(16)23(19)18(14)21-11-5-2/h4,6-7,9-10H,1,5,8,11H2,2-3H3,(H,21,22)/p+1. The molecule has 0 aliphatic carbocycles. The Labute approximate surface area is 136 Å². The van der Waals surface area contributed by atoms with Gasteiger partial charge in [-0.25, -0.2) is 0 Å². The van der Waals surface area contributed by atoms with Gasteiger partial charge in [0.2, 0.25) is 11.5 Å². The molecule has 0 saturated heterocycles. The van der Waals surface area contributed by atoms with E-state index < -0.39 is 0 Å². The van der Waals surface area contributed by atoms with Crippen molar-refractivity contribution in [2.24, 2.45) is 0 Å². The fourth-order valence-electron chi connectivity index (χ4n) is 3.09. The largest absolute Gasteiger partial charge is 0.305 e. The number of aromatic amines is 1. The fraction of sp³-hybridized carbons (Fsp3) is 0.263. The zero-order valence-electron chi connectivity index (χ0n) is 13.6. The molecule has 0 amide bonds. The zero-order chi connectivity index (χ0) is 16.4. The Morgan fingerprint density at radius 2 is 2.17 bits per heavy atom. The van der Waals surface area contributed by atoms with E-state index in [1.54, 1.807) is 0 Å². The number of H-pyrrole nitrogens is 1. The average Bonchev–Trinajstić information content (AvgIpc) is 2.94. The molecule has 0 aliphatic rings. The lowest BCUT2D eigenvalue weighted by Gasteiger charge is -2.12. The van der Waals surface area contributed by atoms with Gasteiger partial charge in [0.25, 0.3) is 0 Å². The monoisotopic (exact) mass is 305 g/mol. The summed E-state index contributed by atoms with van der Waals surface area (Å²) in [6.07, 6.45) is 3.66. The molecule has 23 heavy (non-hydrogen) atoms. The van der Waals surface area contributed by atoms with Crippen LogP contribution >= 0.6 is 0 Å². The average molecular weight is 305 g/mol. The number of rotatable bonds is 5. The van der Waals surface area contributed by atoms with Crippen LogP contribution in [0.4, 0.5) is 5.82 Å². The summed E-state index contributed by atoms with van der Waals surface area (Å²) in [6.45, 7) is 8.92. The van der Waals surface area contributed by atoms with Crippen molar-refractivity contribution in [1.29, 1.82) is 5.26 Å². The molecule has 2 heterocycles. The molecule has 116 valence electrons. The number of nitriles is 1. The van der Waals surface area contributed by atoms with Crippen molar-refractivity contribution in [1.82, 2.24) is 4.98 Å². The highest BCUT2D eigenvalue weighted by Gasteiger charge is 2.24. The zero-order valence-corrected chi connectivity index (χ0v) is 13.6. The van der Waals surface area contributed by atoms with Crippen molar-refractivity contribution in [3.05, 3.63) is 53.6 Å². The summed E-state index contributed by atoms with van der Waals surface area (Å²) in [5.74, 6) is 1.05. The Kier molecular flexibility index (Phi) is 4.03. The van der Waals surface area contributed by atoms with E-state index in [1.807, 2.05) is 31.2 Å². The number of imidazole rings is 1. The lowest BCUT2D eigenvalue weighted by Crippen LogP contribution is -2.30. The van der Waals surface area contributed by atoms with Crippen LogP contribution in [0.2, 0.25) is 0 Å². The summed E-state index contributed by atoms with van der Waals surface area (Å²) < 4.78 is 2.13. The van der Waals surface area contributed by atoms with Gasteiger partial charge < -0.3 is 5.32 Å². The summed E-state index contributed by atoms with van der Waals surface area (Å²) in [5.41, 5.74) is 5.78. The minimum absolute atomic E-state index is 0.695. The topological polar surface area (TPSA) is 55.7 Å². The highest BCUT2D eigenvalue weighted by Crippen LogP contribution is 2.25. The minimum Gasteiger partial charge on any atom is -0.305 e. The van der Waals surface area contributed by atoms with E-state index in [2.05, 4.69) is 40.3 Å². The molecule has 0 saturated carbocycles. The summed E-state index contributed by atoms with van der Waals surface area (Å²) in [6, 6.07) is 10.5. The molecule has 3 aromatic rings. The molecule has 4 heteroatoms. The van der Waals surface area contributed by atoms with Crippen LogP contribution < -0.4 is 9.72 Å². The summed E-state index contributed by atoms with van der Waals surface area (Å²) in [7, 11) is 0. The third-order valence-corrected chi connectivity index (χ3v) is 4.20. The van der Waals surface area contributed by atoms with Gasteiger partial charge in [0.05, 0.1) is 6.54 Å². The van der Waals surface area contributed by atoms with E-state index in [1.165, 1.54) is 0 Å². The number of para-hydroxylation sites is 2. The predicted molar refractivity (Wildman–Crippen MR) is 93.6 cm³/mol. The lowest BCUT2D eigenvalue weighted by atomic mass is 10.0. The number of nitrogens with one attached hydrogen (secondary N) is 2. The smallest absolute Gasteiger partial charge is 0.250 e. The molecule has 4 nitrogen and oxygen atoms in total. The van der Waals surface area contributed by atoms with Crippen molar-refractivity contribution in [3.8, 4) is 6.07 Å². The molecule has 0 bridgehead atoms. The van der Waals surface area contributed by atoms with E-state index in [4.69, 9.17) is 0 Å². The molecular formula is C19H21N4+.